The minimum atomic E-state index is -1.05. The maximum Gasteiger partial charge on any atom is 0.352 e. The van der Waals surface area contributed by atoms with E-state index >= 15 is 0 Å². The molecule has 0 bridgehead atoms. The Morgan fingerprint density at radius 1 is 0.971 bits per heavy atom. The topological polar surface area (TPSA) is 90.4 Å². The van der Waals surface area contributed by atoms with Gasteiger partial charge in [0.25, 0.3) is 0 Å². The lowest BCUT2D eigenvalue weighted by Gasteiger charge is -2.20. The van der Waals surface area contributed by atoms with Crippen molar-refractivity contribution in [3.63, 3.8) is 0 Å². The maximum absolute atomic E-state index is 12.9. The Labute approximate surface area is 205 Å². The smallest absolute Gasteiger partial charge is 0.352 e. The fourth-order valence-electron chi connectivity index (χ4n) is 3.46. The van der Waals surface area contributed by atoms with Crippen LogP contribution in [0.15, 0.2) is 77.3 Å². The molecule has 0 fully saturated rings. The molecule has 3 aromatic carbocycles. The Morgan fingerprint density at radius 3 is 2.32 bits per heavy atom. The van der Waals surface area contributed by atoms with Gasteiger partial charge >= 0.3 is 5.97 Å². The molecule has 1 amide bonds. The number of para-hydroxylation sites is 2. The number of halogens is 1. The molecule has 0 aliphatic carbocycles. The number of benzene rings is 3. The summed E-state index contributed by atoms with van der Waals surface area (Å²) in [6.45, 7) is 3.38. The molecule has 34 heavy (non-hydrogen) atoms. The van der Waals surface area contributed by atoms with Gasteiger partial charge in [-0.05, 0) is 37.3 Å². The van der Waals surface area contributed by atoms with Gasteiger partial charge in [0.2, 0.25) is 17.9 Å². The molecule has 0 aliphatic rings. The van der Waals surface area contributed by atoms with E-state index in [2.05, 4.69) is 26.2 Å². The van der Waals surface area contributed by atoms with Gasteiger partial charge in [0, 0.05) is 22.5 Å². The fourth-order valence-corrected chi connectivity index (χ4v) is 3.82. The molecule has 0 radical (unpaired) electrons. The molecule has 0 saturated carbocycles. The molecule has 1 aromatic heterocycles. The zero-order chi connectivity index (χ0) is 24.1. The van der Waals surface area contributed by atoms with Gasteiger partial charge in [0.05, 0.1) is 23.3 Å². The van der Waals surface area contributed by atoms with Gasteiger partial charge in [-0.1, -0.05) is 58.4 Å². The van der Waals surface area contributed by atoms with Crippen molar-refractivity contribution in [3.05, 3.63) is 82.8 Å². The first-order valence-corrected chi connectivity index (χ1v) is 11.5. The minimum absolute atomic E-state index is 0.144. The van der Waals surface area contributed by atoms with Crippen molar-refractivity contribution in [2.75, 3.05) is 11.9 Å². The van der Waals surface area contributed by atoms with E-state index in [1.54, 1.807) is 25.1 Å². The summed E-state index contributed by atoms with van der Waals surface area (Å²) in [6, 6.07) is 21.8. The van der Waals surface area contributed by atoms with Crippen LogP contribution >= 0.6 is 15.9 Å². The van der Waals surface area contributed by atoms with Gasteiger partial charge in [-0.15, -0.1) is 0 Å². The third-order valence-electron chi connectivity index (χ3n) is 4.92. The maximum atomic E-state index is 12.9. The monoisotopic (exact) mass is 519 g/mol. The van der Waals surface area contributed by atoms with Crippen LogP contribution in [0.1, 0.15) is 25.5 Å². The number of fused-ring (bicyclic) bond motifs is 1. The number of nitrogens with zero attached hydrogens (tertiary/aromatic N) is 2. The van der Waals surface area contributed by atoms with Crippen LogP contribution in [-0.4, -0.2) is 28.5 Å². The van der Waals surface area contributed by atoms with Crippen LogP contribution < -0.4 is 10.1 Å². The van der Waals surface area contributed by atoms with Crippen molar-refractivity contribution >= 4 is 44.5 Å². The summed E-state index contributed by atoms with van der Waals surface area (Å²) in [4.78, 5) is 34.2. The Bertz CT molecular complexity index is 1340. The standard InChI is InChI=1S/C26H22BrN3O4/c1-3-33-26(32)24(17-9-5-4-6-10-17)34-25-23(29-21-11-7-8-12-22(21)30-25)19-15-18(27)13-14-20(19)28-16(2)31/h4-15,24H,3H2,1-2H3,(H,28,31)/t24-/m0/s1. The van der Waals surface area contributed by atoms with E-state index in [-0.39, 0.29) is 18.4 Å². The molecule has 1 heterocycles. The first-order valence-electron chi connectivity index (χ1n) is 10.7. The van der Waals surface area contributed by atoms with E-state index in [9.17, 15) is 9.59 Å². The van der Waals surface area contributed by atoms with Crippen LogP contribution in [0.25, 0.3) is 22.3 Å². The number of carbonyl (C=O) groups is 2. The molecule has 0 saturated heterocycles. The Hall–Kier alpha value is -3.78. The summed E-state index contributed by atoms with van der Waals surface area (Å²) < 4.78 is 12.3. The third-order valence-corrected chi connectivity index (χ3v) is 5.41. The average Bonchev–Trinajstić information content (AvgIpc) is 2.83. The molecule has 172 valence electrons. The predicted octanol–water partition coefficient (Wildman–Crippen LogP) is 5.70. The first-order chi connectivity index (χ1) is 16.5. The van der Waals surface area contributed by atoms with E-state index in [4.69, 9.17) is 14.5 Å². The molecule has 4 aromatic rings. The van der Waals surface area contributed by atoms with Gasteiger partial charge < -0.3 is 14.8 Å². The summed E-state index contributed by atoms with van der Waals surface area (Å²) in [5, 5.41) is 2.83. The molecule has 4 rings (SSSR count). The summed E-state index contributed by atoms with van der Waals surface area (Å²) in [6.07, 6.45) is -1.05. The van der Waals surface area contributed by atoms with Crippen LogP contribution in [0.4, 0.5) is 5.69 Å². The first kappa shape index (κ1) is 23.4. The van der Waals surface area contributed by atoms with Gasteiger partial charge in [0.15, 0.2) is 0 Å². The number of hydrogen-bond acceptors (Lipinski definition) is 6. The number of anilines is 1. The average molecular weight is 520 g/mol. The number of ether oxygens (including phenoxy) is 2. The number of aromatic nitrogens is 2. The van der Waals surface area contributed by atoms with Gasteiger partial charge in [0.1, 0.15) is 5.69 Å². The summed E-state index contributed by atoms with van der Waals surface area (Å²) in [7, 11) is 0. The number of rotatable bonds is 7. The number of esters is 1. The zero-order valence-corrected chi connectivity index (χ0v) is 20.2. The van der Waals surface area contributed by atoms with Crippen LogP contribution in [0.5, 0.6) is 5.88 Å². The highest BCUT2D eigenvalue weighted by atomic mass is 79.9. The predicted molar refractivity (Wildman–Crippen MR) is 133 cm³/mol. The second kappa shape index (κ2) is 10.4. The largest absolute Gasteiger partial charge is 0.463 e. The van der Waals surface area contributed by atoms with Crippen molar-refractivity contribution in [3.8, 4) is 17.1 Å². The van der Waals surface area contributed by atoms with Crippen LogP contribution in [0, 0.1) is 0 Å². The normalized spacial score (nSPS) is 11.6. The van der Waals surface area contributed by atoms with Crippen LogP contribution in [0.2, 0.25) is 0 Å². The lowest BCUT2D eigenvalue weighted by atomic mass is 10.1. The Morgan fingerprint density at radius 2 is 1.65 bits per heavy atom. The SMILES string of the molecule is CCOC(=O)[C@@H](Oc1nc2ccccc2nc1-c1cc(Br)ccc1NC(C)=O)c1ccccc1. The van der Waals surface area contributed by atoms with E-state index in [0.717, 1.165) is 4.47 Å². The lowest BCUT2D eigenvalue weighted by molar-refractivity contribution is -0.151. The lowest BCUT2D eigenvalue weighted by Crippen LogP contribution is -2.22. The van der Waals surface area contributed by atoms with Crippen molar-refractivity contribution < 1.29 is 19.1 Å². The summed E-state index contributed by atoms with van der Waals surface area (Å²) in [5.74, 6) is -0.621. The minimum Gasteiger partial charge on any atom is -0.463 e. The van der Waals surface area contributed by atoms with E-state index in [1.165, 1.54) is 6.92 Å². The van der Waals surface area contributed by atoms with Gasteiger partial charge in [-0.3, -0.25) is 4.79 Å². The summed E-state index contributed by atoms with van der Waals surface area (Å²) >= 11 is 3.49. The van der Waals surface area contributed by atoms with Crippen molar-refractivity contribution in [2.24, 2.45) is 0 Å². The molecule has 0 aliphatic heterocycles. The molecule has 0 spiro atoms. The van der Waals surface area contributed by atoms with Gasteiger partial charge in [-0.2, -0.15) is 0 Å². The number of amides is 1. The van der Waals surface area contributed by atoms with Crippen molar-refractivity contribution in [2.45, 2.75) is 20.0 Å². The highest BCUT2D eigenvalue weighted by molar-refractivity contribution is 9.10. The van der Waals surface area contributed by atoms with E-state index in [1.807, 2.05) is 54.6 Å². The quantitative estimate of drug-likeness (QED) is 0.315. The Kier molecular flexibility index (Phi) is 7.18. The number of nitrogens with one attached hydrogen (secondary N) is 1. The molecule has 8 heteroatoms. The van der Waals surface area contributed by atoms with E-state index < -0.39 is 12.1 Å². The third kappa shape index (κ3) is 5.23. The highest BCUT2D eigenvalue weighted by Gasteiger charge is 2.27. The molecule has 1 atom stereocenters. The molecule has 1 N–H and O–H groups in total. The second-order valence-corrected chi connectivity index (χ2v) is 8.31. The molecule has 0 unspecified atom stereocenters. The second-order valence-electron chi connectivity index (χ2n) is 7.40. The van der Waals surface area contributed by atoms with Crippen molar-refractivity contribution in [1.82, 2.24) is 9.97 Å². The Balaban J connectivity index is 1.91. The van der Waals surface area contributed by atoms with Crippen molar-refractivity contribution in [1.29, 1.82) is 0 Å². The molecular weight excluding hydrogens is 498 g/mol. The summed E-state index contributed by atoms with van der Waals surface area (Å²) in [5.41, 5.74) is 3.39. The zero-order valence-electron chi connectivity index (χ0n) is 18.6. The van der Waals surface area contributed by atoms with E-state index in [0.29, 0.717) is 33.5 Å². The molecular formula is C26H22BrN3O4. The highest BCUT2D eigenvalue weighted by Crippen LogP contribution is 2.37. The number of hydrogen-bond donors (Lipinski definition) is 1. The fraction of sp³-hybridized carbons (Fsp3) is 0.154. The van der Waals surface area contributed by atoms with Crippen LogP contribution in [0.3, 0.4) is 0 Å². The molecule has 7 nitrogen and oxygen atoms in total. The number of carbonyl (C=O) groups excluding carboxylic acids is 2. The van der Waals surface area contributed by atoms with Crippen LogP contribution in [-0.2, 0) is 14.3 Å². The van der Waals surface area contributed by atoms with Gasteiger partial charge in [-0.25, -0.2) is 14.8 Å².